The number of methoxy groups -OCH3 is 1. The van der Waals surface area contributed by atoms with Crippen LogP contribution in [0.15, 0.2) is 89.2 Å². The van der Waals surface area contributed by atoms with Gasteiger partial charge in [-0.2, -0.15) is 0 Å². The number of para-hydroxylation sites is 1. The predicted octanol–water partition coefficient (Wildman–Crippen LogP) is 5.94. The summed E-state index contributed by atoms with van der Waals surface area (Å²) in [6.07, 6.45) is 0. The van der Waals surface area contributed by atoms with E-state index in [9.17, 15) is 4.79 Å². The van der Waals surface area contributed by atoms with Gasteiger partial charge in [0.2, 0.25) is 0 Å². The first-order valence-electron chi connectivity index (χ1n) is 9.36. The first-order chi connectivity index (χ1) is 14.7. The van der Waals surface area contributed by atoms with Crippen LogP contribution in [0.25, 0.3) is 11.3 Å². The molecule has 0 atom stereocenters. The first-order valence-corrected chi connectivity index (χ1v) is 10.6. The number of carbonyl (C=O) groups excluding carboxylic acids is 1. The average Bonchev–Trinajstić information content (AvgIpc) is 3.16. The van der Waals surface area contributed by atoms with Gasteiger partial charge in [-0.25, -0.2) is 9.79 Å². The third kappa shape index (κ3) is 4.37. The summed E-state index contributed by atoms with van der Waals surface area (Å²) in [4.78, 5) is 17.4. The fourth-order valence-electron chi connectivity index (χ4n) is 3.12. The zero-order valence-electron chi connectivity index (χ0n) is 16.3. The summed E-state index contributed by atoms with van der Waals surface area (Å²) in [7, 11) is 1.38. The summed E-state index contributed by atoms with van der Waals surface area (Å²) in [6, 6.07) is 25.1. The summed E-state index contributed by atoms with van der Waals surface area (Å²) < 4.78 is 6.93. The Labute approximate surface area is 183 Å². The minimum atomic E-state index is -0.346. The number of hydrogen-bond donors (Lipinski definition) is 0. The van der Waals surface area contributed by atoms with Crippen LogP contribution in [0.2, 0.25) is 5.02 Å². The van der Waals surface area contributed by atoms with Crippen LogP contribution in [0.1, 0.15) is 15.9 Å². The minimum absolute atomic E-state index is 0.346. The molecule has 4 rings (SSSR count). The smallest absolute Gasteiger partial charge is 0.337 e. The van der Waals surface area contributed by atoms with Crippen LogP contribution in [0.4, 0.5) is 5.69 Å². The largest absolute Gasteiger partial charge is 0.465 e. The number of nitrogens with zero attached hydrogens (tertiary/aromatic N) is 2. The van der Waals surface area contributed by atoms with Crippen LogP contribution in [-0.2, 0) is 11.3 Å². The van der Waals surface area contributed by atoms with E-state index in [2.05, 4.69) is 9.95 Å². The van der Waals surface area contributed by atoms with Crippen molar-refractivity contribution in [2.24, 2.45) is 4.99 Å². The Kier molecular flexibility index (Phi) is 6.12. The molecule has 1 heterocycles. The molecule has 0 aliphatic carbocycles. The number of hydrogen-bond acceptors (Lipinski definition) is 4. The molecule has 0 aliphatic heterocycles. The molecule has 0 unspecified atom stereocenters. The second-order valence-electron chi connectivity index (χ2n) is 6.61. The highest BCUT2D eigenvalue weighted by Crippen LogP contribution is 2.28. The van der Waals surface area contributed by atoms with Crippen molar-refractivity contribution >= 4 is 34.6 Å². The maximum Gasteiger partial charge on any atom is 0.337 e. The Morgan fingerprint density at radius 3 is 2.40 bits per heavy atom. The molecule has 0 amide bonds. The first kappa shape index (κ1) is 20.1. The topological polar surface area (TPSA) is 43.6 Å². The zero-order valence-corrected chi connectivity index (χ0v) is 17.9. The Morgan fingerprint density at radius 2 is 1.70 bits per heavy atom. The molecule has 1 aromatic heterocycles. The number of halogens is 1. The van der Waals surface area contributed by atoms with Crippen molar-refractivity contribution < 1.29 is 9.53 Å². The predicted molar refractivity (Wildman–Crippen MR) is 121 cm³/mol. The summed E-state index contributed by atoms with van der Waals surface area (Å²) in [6.45, 7) is 0.594. The van der Waals surface area contributed by atoms with E-state index in [1.54, 1.807) is 23.5 Å². The number of thiazole rings is 1. The van der Waals surface area contributed by atoms with E-state index in [4.69, 9.17) is 21.3 Å². The molecule has 0 aliphatic rings. The third-order valence-corrected chi connectivity index (χ3v) is 5.84. The van der Waals surface area contributed by atoms with Gasteiger partial charge in [0.15, 0.2) is 4.80 Å². The zero-order chi connectivity index (χ0) is 20.9. The molecule has 4 aromatic rings. The SMILES string of the molecule is COC(=O)c1ccc(Cn2c(-c3ccccc3Cl)csc2=Nc2ccccc2)cc1. The molecule has 3 aromatic carbocycles. The van der Waals surface area contributed by atoms with Gasteiger partial charge in [0, 0.05) is 16.0 Å². The van der Waals surface area contributed by atoms with E-state index in [1.807, 2.05) is 66.7 Å². The number of rotatable bonds is 5. The van der Waals surface area contributed by atoms with Crippen molar-refractivity contribution in [2.45, 2.75) is 6.54 Å². The van der Waals surface area contributed by atoms with Crippen LogP contribution in [0, 0.1) is 0 Å². The Bertz CT molecular complexity index is 1230. The summed E-state index contributed by atoms with van der Waals surface area (Å²) in [5.74, 6) is -0.346. The second-order valence-corrected chi connectivity index (χ2v) is 7.85. The maximum absolute atomic E-state index is 11.7. The number of ether oxygens (including phenoxy) is 1. The maximum atomic E-state index is 11.7. The lowest BCUT2D eigenvalue weighted by atomic mass is 10.1. The lowest BCUT2D eigenvalue weighted by Crippen LogP contribution is -2.17. The van der Waals surface area contributed by atoms with Gasteiger partial charge < -0.3 is 9.30 Å². The fraction of sp³-hybridized carbons (Fsp3) is 0.0833. The molecule has 30 heavy (non-hydrogen) atoms. The minimum Gasteiger partial charge on any atom is -0.465 e. The summed E-state index contributed by atoms with van der Waals surface area (Å²) >= 11 is 8.05. The van der Waals surface area contributed by atoms with Crippen molar-refractivity contribution in [3.63, 3.8) is 0 Å². The van der Waals surface area contributed by atoms with Crippen LogP contribution in [0.3, 0.4) is 0 Å². The van der Waals surface area contributed by atoms with E-state index < -0.39 is 0 Å². The second kappa shape index (κ2) is 9.11. The van der Waals surface area contributed by atoms with Gasteiger partial charge >= 0.3 is 5.97 Å². The quantitative estimate of drug-likeness (QED) is 0.365. The number of carbonyl (C=O) groups is 1. The van der Waals surface area contributed by atoms with Crippen molar-refractivity contribution in [2.75, 3.05) is 7.11 Å². The normalized spacial score (nSPS) is 11.5. The lowest BCUT2D eigenvalue weighted by molar-refractivity contribution is 0.0600. The van der Waals surface area contributed by atoms with Crippen LogP contribution < -0.4 is 4.80 Å². The van der Waals surface area contributed by atoms with E-state index in [0.717, 1.165) is 27.3 Å². The van der Waals surface area contributed by atoms with Crippen molar-refractivity contribution in [3.05, 3.63) is 105 Å². The summed E-state index contributed by atoms with van der Waals surface area (Å²) in [5, 5.41) is 2.77. The van der Waals surface area contributed by atoms with E-state index in [1.165, 1.54) is 7.11 Å². The Morgan fingerprint density at radius 1 is 1.00 bits per heavy atom. The van der Waals surface area contributed by atoms with Crippen LogP contribution >= 0.6 is 22.9 Å². The highest BCUT2D eigenvalue weighted by Gasteiger charge is 2.12. The molecule has 4 nitrogen and oxygen atoms in total. The van der Waals surface area contributed by atoms with Gasteiger partial charge in [0.25, 0.3) is 0 Å². The molecule has 150 valence electrons. The van der Waals surface area contributed by atoms with Crippen molar-refractivity contribution in [1.29, 1.82) is 0 Å². The Hall–Kier alpha value is -3.15. The highest BCUT2D eigenvalue weighted by atomic mass is 35.5. The van der Waals surface area contributed by atoms with Gasteiger partial charge in [0.1, 0.15) is 0 Å². The van der Waals surface area contributed by atoms with Crippen molar-refractivity contribution in [1.82, 2.24) is 4.57 Å². The standard InChI is InChI=1S/C24H19ClN2O2S/c1-29-23(28)18-13-11-17(12-14-18)15-27-22(20-9-5-6-10-21(20)25)16-30-24(27)26-19-7-3-2-4-8-19/h2-14,16H,15H2,1H3. The fourth-order valence-corrected chi connectivity index (χ4v) is 4.27. The van der Waals surface area contributed by atoms with Gasteiger partial charge in [-0.15, -0.1) is 11.3 Å². The molecule has 6 heteroatoms. The van der Waals surface area contributed by atoms with Crippen LogP contribution in [-0.4, -0.2) is 17.6 Å². The number of aromatic nitrogens is 1. The number of benzene rings is 3. The monoisotopic (exact) mass is 434 g/mol. The Balaban J connectivity index is 1.79. The van der Waals surface area contributed by atoms with Gasteiger partial charge in [-0.1, -0.05) is 60.1 Å². The number of esters is 1. The molecule has 0 saturated heterocycles. The van der Waals surface area contributed by atoms with Gasteiger partial charge in [0.05, 0.1) is 30.6 Å². The van der Waals surface area contributed by atoms with Crippen LogP contribution in [0.5, 0.6) is 0 Å². The molecule has 0 fully saturated rings. The van der Waals surface area contributed by atoms with Gasteiger partial charge in [-0.05, 0) is 35.9 Å². The highest BCUT2D eigenvalue weighted by molar-refractivity contribution is 7.07. The van der Waals surface area contributed by atoms with E-state index in [-0.39, 0.29) is 5.97 Å². The molecule has 0 bridgehead atoms. The van der Waals surface area contributed by atoms with E-state index in [0.29, 0.717) is 17.1 Å². The molecular formula is C24H19ClN2O2S. The molecule has 0 saturated carbocycles. The molecule has 0 radical (unpaired) electrons. The van der Waals surface area contributed by atoms with Gasteiger partial charge in [-0.3, -0.25) is 0 Å². The molecule has 0 spiro atoms. The summed E-state index contributed by atoms with van der Waals surface area (Å²) in [5.41, 5.74) is 4.41. The molecule has 0 N–H and O–H groups in total. The van der Waals surface area contributed by atoms with Crippen molar-refractivity contribution in [3.8, 4) is 11.3 Å². The van der Waals surface area contributed by atoms with E-state index >= 15 is 0 Å². The molecular weight excluding hydrogens is 416 g/mol. The average molecular weight is 435 g/mol. The third-order valence-electron chi connectivity index (χ3n) is 4.64. The lowest BCUT2D eigenvalue weighted by Gasteiger charge is -2.11.